The Morgan fingerprint density at radius 1 is 1.16 bits per heavy atom. The van der Waals surface area contributed by atoms with Crippen LogP contribution in [0.1, 0.15) is 11.3 Å². The number of amides is 1. The molecule has 32 heavy (non-hydrogen) atoms. The number of aryl methyl sites for hydroxylation is 1. The van der Waals surface area contributed by atoms with Crippen LogP contribution in [0, 0.1) is 6.92 Å². The summed E-state index contributed by atoms with van der Waals surface area (Å²) in [7, 11) is 0. The summed E-state index contributed by atoms with van der Waals surface area (Å²) in [5.74, 6) is 1.28. The number of allylic oxidation sites excluding steroid dienone is 1. The monoisotopic (exact) mass is 444 g/mol. The summed E-state index contributed by atoms with van der Waals surface area (Å²) < 4.78 is 7.11. The lowest BCUT2D eigenvalue weighted by molar-refractivity contribution is -0.118. The van der Waals surface area contributed by atoms with Gasteiger partial charge in [-0.1, -0.05) is 29.5 Å². The molecule has 160 valence electrons. The number of rotatable bonds is 8. The fourth-order valence-corrected chi connectivity index (χ4v) is 3.56. The summed E-state index contributed by atoms with van der Waals surface area (Å²) >= 11 is 1.29. The number of benzene rings is 1. The Hall–Kier alpha value is -3.98. The molecule has 0 radical (unpaired) electrons. The molecule has 0 atom stereocenters. The van der Waals surface area contributed by atoms with E-state index < -0.39 is 0 Å². The fourth-order valence-electron chi connectivity index (χ4n) is 2.82. The molecule has 0 bridgehead atoms. The Morgan fingerprint density at radius 2 is 1.97 bits per heavy atom. The number of aromatic nitrogens is 4. The Kier molecular flexibility index (Phi) is 6.88. The van der Waals surface area contributed by atoms with Crippen LogP contribution in [0.5, 0.6) is 0 Å². The van der Waals surface area contributed by atoms with Crippen LogP contribution in [0.3, 0.4) is 0 Å². The van der Waals surface area contributed by atoms with Crippen molar-refractivity contribution in [1.29, 1.82) is 0 Å². The molecule has 3 heterocycles. The van der Waals surface area contributed by atoms with Crippen molar-refractivity contribution in [3.8, 4) is 17.1 Å². The molecule has 1 amide bonds. The van der Waals surface area contributed by atoms with E-state index in [0.29, 0.717) is 16.7 Å². The van der Waals surface area contributed by atoms with Gasteiger partial charge in [-0.15, -0.1) is 10.2 Å². The molecule has 0 saturated carbocycles. The van der Waals surface area contributed by atoms with Gasteiger partial charge in [-0.2, -0.15) is 5.10 Å². The Labute approximate surface area is 189 Å². The molecular weight excluding hydrogens is 424 g/mol. The van der Waals surface area contributed by atoms with E-state index in [9.17, 15) is 4.79 Å². The van der Waals surface area contributed by atoms with Gasteiger partial charge in [-0.05, 0) is 55.5 Å². The third-order valence-electron chi connectivity index (χ3n) is 4.35. The lowest BCUT2D eigenvalue weighted by Gasteiger charge is -2.10. The first kappa shape index (κ1) is 21.3. The summed E-state index contributed by atoms with van der Waals surface area (Å²) in [5.41, 5.74) is 5.45. The van der Waals surface area contributed by atoms with Crippen LogP contribution in [-0.2, 0) is 4.79 Å². The topological polar surface area (TPSA) is 98.2 Å². The van der Waals surface area contributed by atoms with Crippen molar-refractivity contribution in [3.63, 3.8) is 0 Å². The van der Waals surface area contributed by atoms with Gasteiger partial charge in [-0.3, -0.25) is 14.3 Å². The minimum Gasteiger partial charge on any atom is -0.465 e. The highest BCUT2D eigenvalue weighted by Crippen LogP contribution is 2.27. The van der Waals surface area contributed by atoms with Gasteiger partial charge in [0, 0.05) is 29.9 Å². The summed E-state index contributed by atoms with van der Waals surface area (Å²) in [6.07, 6.45) is 9.92. The smallest absolute Gasteiger partial charge is 0.250 e. The predicted octanol–water partition coefficient (Wildman–Crippen LogP) is 4.14. The lowest BCUT2D eigenvalue weighted by Crippen LogP contribution is -2.19. The highest BCUT2D eigenvalue weighted by Gasteiger charge is 2.17. The lowest BCUT2D eigenvalue weighted by atomic mass is 10.2. The van der Waals surface area contributed by atoms with E-state index in [0.717, 1.165) is 16.8 Å². The summed E-state index contributed by atoms with van der Waals surface area (Å²) in [5, 5.41) is 13.2. The Balaban J connectivity index is 1.45. The van der Waals surface area contributed by atoms with Crippen molar-refractivity contribution in [2.45, 2.75) is 12.1 Å². The third-order valence-corrected chi connectivity index (χ3v) is 5.28. The first-order chi connectivity index (χ1) is 15.7. The SMILES string of the molecule is Cc1ccc(-n2c(SCC(=O)N/N=C/C=C/c3ccco3)nnc2-c2ccncc2)cc1. The number of carbonyl (C=O) groups is 1. The highest BCUT2D eigenvalue weighted by atomic mass is 32.2. The normalized spacial score (nSPS) is 11.4. The van der Waals surface area contributed by atoms with Crippen molar-refractivity contribution >= 4 is 30.0 Å². The van der Waals surface area contributed by atoms with Crippen molar-refractivity contribution < 1.29 is 9.21 Å². The van der Waals surface area contributed by atoms with Gasteiger partial charge in [0.15, 0.2) is 11.0 Å². The third kappa shape index (κ3) is 5.38. The maximum absolute atomic E-state index is 12.2. The number of furan rings is 1. The molecule has 8 nitrogen and oxygen atoms in total. The standard InChI is InChI=1S/C23H20N6O2S/c1-17-6-8-19(9-7-17)29-22(18-10-13-24-14-11-18)27-28-23(29)32-16-21(30)26-25-12-2-4-20-5-3-15-31-20/h2-15H,16H2,1H3,(H,26,30)/b4-2+,25-12+. The second-order valence-electron chi connectivity index (χ2n) is 6.69. The largest absolute Gasteiger partial charge is 0.465 e. The maximum Gasteiger partial charge on any atom is 0.250 e. The van der Waals surface area contributed by atoms with Gasteiger partial charge in [0.2, 0.25) is 0 Å². The second-order valence-corrected chi connectivity index (χ2v) is 7.63. The molecule has 0 spiro atoms. The highest BCUT2D eigenvalue weighted by molar-refractivity contribution is 7.99. The number of hydrogen-bond donors (Lipinski definition) is 1. The second kappa shape index (κ2) is 10.4. The Bertz CT molecular complexity index is 1220. The molecule has 0 fully saturated rings. The number of nitrogens with one attached hydrogen (secondary N) is 1. The molecular formula is C23H20N6O2S. The summed E-state index contributed by atoms with van der Waals surface area (Å²) in [6.45, 7) is 2.03. The van der Waals surface area contributed by atoms with E-state index in [1.807, 2.05) is 54.0 Å². The molecule has 0 aliphatic carbocycles. The molecule has 0 aliphatic heterocycles. The number of nitrogens with zero attached hydrogens (tertiary/aromatic N) is 5. The van der Waals surface area contributed by atoms with Crippen molar-refractivity contribution in [2.24, 2.45) is 5.10 Å². The van der Waals surface area contributed by atoms with Crippen molar-refractivity contribution in [2.75, 3.05) is 5.75 Å². The van der Waals surface area contributed by atoms with Crippen LogP contribution >= 0.6 is 11.8 Å². The van der Waals surface area contributed by atoms with Gasteiger partial charge >= 0.3 is 0 Å². The molecule has 3 aromatic heterocycles. The van der Waals surface area contributed by atoms with E-state index in [-0.39, 0.29) is 11.7 Å². The predicted molar refractivity (Wildman–Crippen MR) is 124 cm³/mol. The fraction of sp³-hybridized carbons (Fsp3) is 0.0870. The number of hydrogen-bond acceptors (Lipinski definition) is 7. The van der Waals surface area contributed by atoms with Gasteiger partial charge in [0.25, 0.3) is 5.91 Å². The zero-order valence-corrected chi connectivity index (χ0v) is 18.1. The van der Waals surface area contributed by atoms with Gasteiger partial charge in [-0.25, -0.2) is 5.43 Å². The minimum absolute atomic E-state index is 0.138. The number of hydrazone groups is 1. The first-order valence-electron chi connectivity index (χ1n) is 9.78. The van der Waals surface area contributed by atoms with Gasteiger partial charge in [0.1, 0.15) is 5.76 Å². The van der Waals surface area contributed by atoms with Crippen molar-refractivity contribution in [3.05, 3.63) is 84.6 Å². The van der Waals surface area contributed by atoms with Crippen LogP contribution in [0.2, 0.25) is 0 Å². The van der Waals surface area contributed by atoms with E-state index in [1.165, 1.54) is 18.0 Å². The van der Waals surface area contributed by atoms with Crippen molar-refractivity contribution in [1.82, 2.24) is 25.2 Å². The molecule has 0 saturated heterocycles. The maximum atomic E-state index is 12.2. The molecule has 9 heteroatoms. The average Bonchev–Trinajstić information content (AvgIpc) is 3.49. The zero-order valence-electron chi connectivity index (χ0n) is 17.3. The average molecular weight is 445 g/mol. The van der Waals surface area contributed by atoms with E-state index in [1.54, 1.807) is 36.9 Å². The van der Waals surface area contributed by atoms with Gasteiger partial charge < -0.3 is 4.42 Å². The van der Waals surface area contributed by atoms with Crippen LogP contribution in [0.15, 0.2) is 87.9 Å². The molecule has 0 unspecified atom stereocenters. The molecule has 1 aromatic carbocycles. The van der Waals surface area contributed by atoms with Crippen LogP contribution in [0.4, 0.5) is 0 Å². The summed E-state index contributed by atoms with van der Waals surface area (Å²) in [4.78, 5) is 16.3. The molecule has 4 rings (SSSR count). The number of pyridine rings is 1. The van der Waals surface area contributed by atoms with Gasteiger partial charge in [0.05, 0.1) is 12.0 Å². The number of carbonyl (C=O) groups excluding carboxylic acids is 1. The molecule has 1 N–H and O–H groups in total. The number of thioether (sulfide) groups is 1. The molecule has 0 aliphatic rings. The first-order valence-corrected chi connectivity index (χ1v) is 10.8. The van der Waals surface area contributed by atoms with E-state index in [4.69, 9.17) is 4.42 Å². The van der Waals surface area contributed by atoms with E-state index in [2.05, 4.69) is 25.7 Å². The Morgan fingerprint density at radius 3 is 2.72 bits per heavy atom. The quantitative estimate of drug-likeness (QED) is 0.249. The van der Waals surface area contributed by atoms with Crippen LogP contribution in [-0.4, -0.2) is 37.6 Å². The molecule has 4 aromatic rings. The minimum atomic E-state index is -0.249. The van der Waals surface area contributed by atoms with Crippen LogP contribution < -0.4 is 5.43 Å². The zero-order chi connectivity index (χ0) is 22.2. The summed E-state index contributed by atoms with van der Waals surface area (Å²) in [6, 6.07) is 15.4. The van der Waals surface area contributed by atoms with Crippen LogP contribution in [0.25, 0.3) is 23.2 Å². The van der Waals surface area contributed by atoms with E-state index >= 15 is 0 Å².